The van der Waals surface area contributed by atoms with Crippen molar-refractivity contribution in [3.05, 3.63) is 59.1 Å². The Hall–Kier alpha value is -2.73. The highest BCUT2D eigenvalue weighted by molar-refractivity contribution is 6.32. The van der Waals surface area contributed by atoms with Gasteiger partial charge in [0.2, 0.25) is 5.91 Å². The molecule has 166 valence electrons. The van der Waals surface area contributed by atoms with Crippen LogP contribution in [0, 0.1) is 0 Å². The maximum atomic E-state index is 13.1. The number of hydrogen-bond donors (Lipinski definition) is 1. The summed E-state index contributed by atoms with van der Waals surface area (Å²) in [5, 5.41) is 3.52. The Morgan fingerprint density at radius 2 is 1.81 bits per heavy atom. The molecule has 1 unspecified atom stereocenters. The van der Waals surface area contributed by atoms with E-state index in [9.17, 15) is 9.59 Å². The smallest absolute Gasteiger partial charge is 0.261 e. The highest BCUT2D eigenvalue weighted by Gasteiger charge is 2.28. The van der Waals surface area contributed by atoms with Gasteiger partial charge in [-0.1, -0.05) is 48.7 Å². The maximum Gasteiger partial charge on any atom is 0.261 e. The quantitative estimate of drug-likeness (QED) is 0.629. The summed E-state index contributed by atoms with van der Waals surface area (Å²) in [4.78, 5) is 27.5. The zero-order valence-electron chi connectivity index (χ0n) is 18.0. The number of benzene rings is 2. The molecule has 1 saturated carbocycles. The molecule has 1 N–H and O–H groups in total. The van der Waals surface area contributed by atoms with Gasteiger partial charge in [-0.15, -0.1) is 0 Å². The fourth-order valence-electron chi connectivity index (χ4n) is 3.69. The van der Waals surface area contributed by atoms with Crippen LogP contribution in [0.2, 0.25) is 5.02 Å². The topological polar surface area (TPSA) is 67.9 Å². The van der Waals surface area contributed by atoms with Crippen molar-refractivity contribution in [2.45, 2.75) is 51.2 Å². The minimum absolute atomic E-state index is 0.147. The van der Waals surface area contributed by atoms with Crippen LogP contribution in [0.25, 0.3) is 0 Å². The van der Waals surface area contributed by atoms with Gasteiger partial charge in [0.15, 0.2) is 6.61 Å². The molecular weight excluding hydrogens is 416 g/mol. The molecule has 31 heavy (non-hydrogen) atoms. The molecule has 0 radical (unpaired) electrons. The van der Waals surface area contributed by atoms with Crippen molar-refractivity contribution in [3.63, 3.8) is 0 Å². The molecule has 2 aromatic rings. The van der Waals surface area contributed by atoms with Gasteiger partial charge in [-0.25, -0.2) is 0 Å². The number of nitrogens with one attached hydrogen (secondary N) is 1. The van der Waals surface area contributed by atoms with E-state index in [1.54, 1.807) is 43.2 Å². The second-order valence-corrected chi connectivity index (χ2v) is 8.16. The number of para-hydroxylation sites is 1. The van der Waals surface area contributed by atoms with Crippen LogP contribution in [0.3, 0.4) is 0 Å². The first-order valence-corrected chi connectivity index (χ1v) is 11.0. The predicted octanol–water partition coefficient (Wildman–Crippen LogP) is 4.20. The number of carbonyl (C=O) groups excluding carboxylic acids is 2. The minimum Gasteiger partial charge on any atom is -0.497 e. The van der Waals surface area contributed by atoms with Crippen molar-refractivity contribution >= 4 is 23.4 Å². The highest BCUT2D eigenvalue weighted by Crippen LogP contribution is 2.23. The molecule has 1 fully saturated rings. The van der Waals surface area contributed by atoms with Crippen molar-refractivity contribution in [1.82, 2.24) is 10.2 Å². The van der Waals surface area contributed by atoms with Crippen LogP contribution >= 0.6 is 11.6 Å². The van der Waals surface area contributed by atoms with Gasteiger partial charge in [-0.05, 0) is 49.6 Å². The summed E-state index contributed by atoms with van der Waals surface area (Å²) in [5.74, 6) is 0.733. The third-order valence-corrected chi connectivity index (χ3v) is 5.88. The Morgan fingerprint density at radius 1 is 1.13 bits per heavy atom. The van der Waals surface area contributed by atoms with E-state index in [4.69, 9.17) is 21.1 Å². The van der Waals surface area contributed by atoms with Crippen molar-refractivity contribution in [2.24, 2.45) is 0 Å². The summed E-state index contributed by atoms with van der Waals surface area (Å²) in [5.41, 5.74) is 0.896. The Balaban J connectivity index is 1.72. The van der Waals surface area contributed by atoms with Gasteiger partial charge in [0.1, 0.15) is 17.5 Å². The molecule has 0 bridgehead atoms. The fraction of sp³-hybridized carbons (Fsp3) is 0.417. The third kappa shape index (κ3) is 6.37. The normalized spacial score (nSPS) is 14.7. The number of rotatable bonds is 9. The molecule has 2 amide bonds. The summed E-state index contributed by atoms with van der Waals surface area (Å²) in [6.45, 7) is 1.83. The Labute approximate surface area is 188 Å². The average molecular weight is 445 g/mol. The Morgan fingerprint density at radius 3 is 2.45 bits per heavy atom. The van der Waals surface area contributed by atoms with E-state index in [1.165, 1.54) is 0 Å². The predicted molar refractivity (Wildman–Crippen MR) is 120 cm³/mol. The van der Waals surface area contributed by atoms with Gasteiger partial charge in [0, 0.05) is 12.6 Å². The summed E-state index contributed by atoms with van der Waals surface area (Å²) < 4.78 is 10.8. The molecule has 0 heterocycles. The number of carbonyl (C=O) groups is 2. The number of ether oxygens (including phenoxy) is 2. The fourth-order valence-corrected chi connectivity index (χ4v) is 3.88. The van der Waals surface area contributed by atoms with E-state index >= 15 is 0 Å². The van der Waals surface area contributed by atoms with Crippen LogP contribution in [0.5, 0.6) is 11.5 Å². The van der Waals surface area contributed by atoms with E-state index in [0.29, 0.717) is 10.8 Å². The molecule has 0 spiro atoms. The second-order valence-electron chi connectivity index (χ2n) is 7.75. The molecule has 7 heteroatoms. The lowest BCUT2D eigenvalue weighted by molar-refractivity contribution is -0.142. The van der Waals surface area contributed by atoms with Crippen molar-refractivity contribution in [3.8, 4) is 11.5 Å². The zero-order valence-corrected chi connectivity index (χ0v) is 18.7. The van der Waals surface area contributed by atoms with Crippen LogP contribution in [-0.2, 0) is 16.1 Å². The maximum absolute atomic E-state index is 13.1. The van der Waals surface area contributed by atoms with Crippen LogP contribution in [0.15, 0.2) is 48.5 Å². The van der Waals surface area contributed by atoms with Gasteiger partial charge >= 0.3 is 0 Å². The Bertz CT molecular complexity index is 881. The van der Waals surface area contributed by atoms with Crippen LogP contribution < -0.4 is 14.8 Å². The van der Waals surface area contributed by atoms with Gasteiger partial charge < -0.3 is 19.7 Å². The van der Waals surface area contributed by atoms with Crippen LogP contribution in [-0.4, -0.2) is 42.5 Å². The first-order chi connectivity index (χ1) is 15.0. The molecule has 1 atom stereocenters. The van der Waals surface area contributed by atoms with Crippen LogP contribution in [0.4, 0.5) is 0 Å². The molecule has 1 aliphatic rings. The molecular formula is C24H29ClN2O4. The van der Waals surface area contributed by atoms with Crippen molar-refractivity contribution < 1.29 is 19.1 Å². The average Bonchev–Trinajstić information content (AvgIpc) is 3.29. The van der Waals surface area contributed by atoms with E-state index in [0.717, 1.165) is 37.0 Å². The molecule has 0 aliphatic heterocycles. The highest BCUT2D eigenvalue weighted by atomic mass is 35.5. The van der Waals surface area contributed by atoms with Crippen LogP contribution in [0.1, 0.15) is 38.2 Å². The van der Waals surface area contributed by atoms with Gasteiger partial charge in [0.05, 0.1) is 12.1 Å². The molecule has 3 rings (SSSR count). The van der Waals surface area contributed by atoms with Gasteiger partial charge in [0.25, 0.3) is 5.91 Å². The number of hydrogen-bond acceptors (Lipinski definition) is 4. The summed E-state index contributed by atoms with van der Waals surface area (Å²) in [6, 6.07) is 14.0. The standard InChI is InChI=1S/C24H29ClN2O4/c1-17(24(29)26-19-7-3-4-8-19)27(15-18-11-13-20(30-2)14-12-18)23(28)16-31-22-10-6-5-9-21(22)25/h5-6,9-14,17,19H,3-4,7-8,15-16H2,1-2H3,(H,26,29). The summed E-state index contributed by atoms with van der Waals surface area (Å²) >= 11 is 6.13. The minimum atomic E-state index is -0.634. The van der Waals surface area contributed by atoms with Crippen molar-refractivity contribution in [2.75, 3.05) is 13.7 Å². The number of amides is 2. The SMILES string of the molecule is COc1ccc(CN(C(=O)COc2ccccc2Cl)C(C)C(=O)NC2CCCC2)cc1. The van der Waals surface area contributed by atoms with E-state index < -0.39 is 6.04 Å². The molecule has 2 aromatic carbocycles. The number of nitrogens with zero attached hydrogens (tertiary/aromatic N) is 1. The van der Waals surface area contributed by atoms with E-state index in [-0.39, 0.29) is 31.0 Å². The first kappa shape index (κ1) is 22.9. The lowest BCUT2D eigenvalue weighted by Crippen LogP contribution is -2.50. The summed E-state index contributed by atoms with van der Waals surface area (Å²) in [7, 11) is 1.60. The lowest BCUT2D eigenvalue weighted by Gasteiger charge is -2.29. The number of methoxy groups -OCH3 is 1. The molecule has 0 aromatic heterocycles. The van der Waals surface area contributed by atoms with Gasteiger partial charge in [-0.3, -0.25) is 9.59 Å². The molecule has 0 saturated heterocycles. The lowest BCUT2D eigenvalue weighted by atomic mass is 10.1. The molecule has 1 aliphatic carbocycles. The zero-order chi connectivity index (χ0) is 22.2. The van der Waals surface area contributed by atoms with Gasteiger partial charge in [-0.2, -0.15) is 0 Å². The monoisotopic (exact) mass is 444 g/mol. The third-order valence-electron chi connectivity index (χ3n) is 5.57. The van der Waals surface area contributed by atoms with E-state index in [2.05, 4.69) is 5.32 Å². The largest absolute Gasteiger partial charge is 0.497 e. The van der Waals surface area contributed by atoms with Crippen molar-refractivity contribution in [1.29, 1.82) is 0 Å². The first-order valence-electron chi connectivity index (χ1n) is 10.6. The summed E-state index contributed by atoms with van der Waals surface area (Å²) in [6.07, 6.45) is 4.22. The Kier molecular flexibility index (Phi) is 8.18. The number of halogens is 1. The van der Waals surface area contributed by atoms with E-state index in [1.807, 2.05) is 24.3 Å². The molecule has 6 nitrogen and oxygen atoms in total. The second kappa shape index (κ2) is 11.0.